The average Bonchev–Trinajstić information content (AvgIpc) is 2.66. The van der Waals surface area contributed by atoms with E-state index in [1.807, 2.05) is 24.3 Å². The topological polar surface area (TPSA) is 76.7 Å². The van der Waals surface area contributed by atoms with E-state index in [0.29, 0.717) is 18.0 Å². The van der Waals surface area contributed by atoms with E-state index in [-0.39, 0.29) is 12.0 Å². The quantitative estimate of drug-likeness (QED) is 0.574. The number of rotatable bonds is 7. The predicted octanol–water partition coefficient (Wildman–Crippen LogP) is 3.82. The number of benzene rings is 2. The first-order valence-corrected chi connectivity index (χ1v) is 8.88. The molecule has 2 aromatic carbocycles. The van der Waals surface area contributed by atoms with Crippen LogP contribution in [-0.2, 0) is 11.3 Å². The fourth-order valence-electron chi connectivity index (χ4n) is 2.58. The molecule has 0 heterocycles. The van der Waals surface area contributed by atoms with Gasteiger partial charge in [0.05, 0.1) is 12.7 Å². The van der Waals surface area contributed by atoms with Gasteiger partial charge < -0.3 is 20.1 Å². The monoisotopic (exact) mass is 370 g/mol. The molecule has 0 saturated heterocycles. The SMILES string of the molecule is COC(=O)c1ccc(CNC(=O)NC(C)Oc2ccccc2C(C)C)cc1. The van der Waals surface area contributed by atoms with Crippen LogP contribution in [0.15, 0.2) is 48.5 Å². The summed E-state index contributed by atoms with van der Waals surface area (Å²) in [5.74, 6) is 0.703. The van der Waals surface area contributed by atoms with E-state index in [1.54, 1.807) is 31.2 Å². The standard InChI is InChI=1S/C21H26N2O4/c1-14(2)18-7-5-6-8-19(18)27-15(3)23-21(25)22-13-16-9-11-17(12-10-16)20(24)26-4/h5-12,14-15H,13H2,1-4H3,(H2,22,23,25). The molecule has 0 aliphatic carbocycles. The molecule has 0 radical (unpaired) electrons. The smallest absolute Gasteiger partial charge is 0.337 e. The third-order valence-corrected chi connectivity index (χ3v) is 4.01. The van der Waals surface area contributed by atoms with Crippen LogP contribution in [0.25, 0.3) is 0 Å². The molecule has 0 spiro atoms. The number of hydrogen-bond donors (Lipinski definition) is 2. The zero-order chi connectivity index (χ0) is 19.8. The molecule has 0 bridgehead atoms. The van der Waals surface area contributed by atoms with Crippen LogP contribution in [0.1, 0.15) is 48.2 Å². The summed E-state index contributed by atoms with van der Waals surface area (Å²) in [4.78, 5) is 23.5. The third-order valence-electron chi connectivity index (χ3n) is 4.01. The van der Waals surface area contributed by atoms with Gasteiger partial charge in [0.2, 0.25) is 0 Å². The molecule has 1 atom stereocenters. The van der Waals surface area contributed by atoms with Crippen LogP contribution in [0.2, 0.25) is 0 Å². The molecule has 6 heteroatoms. The molecule has 2 rings (SSSR count). The Morgan fingerprint density at radius 3 is 2.30 bits per heavy atom. The maximum absolute atomic E-state index is 12.1. The molecule has 0 aliphatic rings. The summed E-state index contributed by atoms with van der Waals surface area (Å²) in [5.41, 5.74) is 2.44. The number of para-hydroxylation sites is 1. The van der Waals surface area contributed by atoms with Gasteiger partial charge in [0.15, 0.2) is 6.23 Å². The van der Waals surface area contributed by atoms with Crippen molar-refractivity contribution in [2.45, 2.75) is 39.5 Å². The second-order valence-corrected chi connectivity index (χ2v) is 6.47. The molecular weight excluding hydrogens is 344 g/mol. The highest BCUT2D eigenvalue weighted by Crippen LogP contribution is 2.26. The number of esters is 1. The number of nitrogens with one attached hydrogen (secondary N) is 2. The van der Waals surface area contributed by atoms with Gasteiger partial charge in [-0.25, -0.2) is 9.59 Å². The Kier molecular flexibility index (Phi) is 7.23. The molecule has 6 nitrogen and oxygen atoms in total. The van der Waals surface area contributed by atoms with E-state index in [9.17, 15) is 9.59 Å². The number of amides is 2. The number of carbonyl (C=O) groups excluding carboxylic acids is 2. The highest BCUT2D eigenvalue weighted by atomic mass is 16.5. The van der Waals surface area contributed by atoms with Crippen molar-refractivity contribution in [3.63, 3.8) is 0 Å². The van der Waals surface area contributed by atoms with Crippen molar-refractivity contribution >= 4 is 12.0 Å². The summed E-state index contributed by atoms with van der Waals surface area (Å²) in [6, 6.07) is 14.3. The fraction of sp³-hybridized carbons (Fsp3) is 0.333. The highest BCUT2D eigenvalue weighted by Gasteiger charge is 2.12. The van der Waals surface area contributed by atoms with Gasteiger partial charge in [-0.3, -0.25) is 0 Å². The Morgan fingerprint density at radius 1 is 1.00 bits per heavy atom. The Morgan fingerprint density at radius 2 is 1.67 bits per heavy atom. The number of carbonyl (C=O) groups is 2. The molecule has 144 valence electrons. The van der Waals surface area contributed by atoms with Crippen LogP contribution in [0, 0.1) is 0 Å². The summed E-state index contributed by atoms with van der Waals surface area (Å²) in [6.07, 6.45) is -0.480. The Bertz CT molecular complexity index is 772. The molecule has 0 saturated carbocycles. The molecule has 27 heavy (non-hydrogen) atoms. The number of hydrogen-bond acceptors (Lipinski definition) is 4. The Balaban J connectivity index is 1.84. The van der Waals surface area contributed by atoms with Crippen molar-refractivity contribution in [2.24, 2.45) is 0 Å². The van der Waals surface area contributed by atoms with Crippen molar-refractivity contribution in [3.8, 4) is 5.75 Å². The number of methoxy groups -OCH3 is 1. The fourth-order valence-corrected chi connectivity index (χ4v) is 2.58. The first-order valence-electron chi connectivity index (χ1n) is 8.88. The maximum Gasteiger partial charge on any atom is 0.337 e. The molecule has 0 aliphatic heterocycles. The van der Waals surface area contributed by atoms with E-state index < -0.39 is 6.23 Å². The van der Waals surface area contributed by atoms with Crippen molar-refractivity contribution in [2.75, 3.05) is 7.11 Å². The van der Waals surface area contributed by atoms with Gasteiger partial charge in [0.1, 0.15) is 5.75 Å². The lowest BCUT2D eigenvalue weighted by atomic mass is 10.0. The van der Waals surface area contributed by atoms with Gasteiger partial charge >= 0.3 is 12.0 Å². The van der Waals surface area contributed by atoms with Crippen molar-refractivity contribution in [1.82, 2.24) is 10.6 Å². The lowest BCUT2D eigenvalue weighted by Crippen LogP contribution is -2.43. The average molecular weight is 370 g/mol. The van der Waals surface area contributed by atoms with Crippen molar-refractivity contribution in [3.05, 3.63) is 65.2 Å². The van der Waals surface area contributed by atoms with Crippen LogP contribution in [-0.4, -0.2) is 25.3 Å². The lowest BCUT2D eigenvalue weighted by Gasteiger charge is -2.20. The van der Waals surface area contributed by atoms with Crippen LogP contribution in [0.5, 0.6) is 5.75 Å². The number of urea groups is 1. The van der Waals surface area contributed by atoms with Crippen LogP contribution < -0.4 is 15.4 Å². The minimum absolute atomic E-state index is 0.329. The first kappa shape index (κ1) is 20.3. The molecular formula is C21H26N2O4. The summed E-state index contributed by atoms with van der Waals surface area (Å²) < 4.78 is 10.5. The minimum Gasteiger partial charge on any atom is -0.471 e. The Labute approximate surface area is 159 Å². The van der Waals surface area contributed by atoms with Crippen LogP contribution in [0.4, 0.5) is 4.79 Å². The second kappa shape index (κ2) is 9.62. The van der Waals surface area contributed by atoms with E-state index in [2.05, 4.69) is 29.2 Å². The van der Waals surface area contributed by atoms with E-state index in [1.165, 1.54) is 7.11 Å². The first-order chi connectivity index (χ1) is 12.9. The summed E-state index contributed by atoms with van der Waals surface area (Å²) in [7, 11) is 1.34. The normalized spacial score (nSPS) is 11.6. The zero-order valence-corrected chi connectivity index (χ0v) is 16.1. The molecule has 1 unspecified atom stereocenters. The van der Waals surface area contributed by atoms with E-state index in [0.717, 1.165) is 16.9 Å². The minimum atomic E-state index is -0.480. The largest absolute Gasteiger partial charge is 0.471 e. The third kappa shape index (κ3) is 6.02. The highest BCUT2D eigenvalue weighted by molar-refractivity contribution is 5.89. The van der Waals surface area contributed by atoms with Crippen molar-refractivity contribution < 1.29 is 19.1 Å². The van der Waals surface area contributed by atoms with E-state index >= 15 is 0 Å². The van der Waals surface area contributed by atoms with Crippen LogP contribution in [0.3, 0.4) is 0 Å². The second-order valence-electron chi connectivity index (χ2n) is 6.47. The molecule has 2 aromatic rings. The van der Waals surface area contributed by atoms with Gasteiger partial charge in [0, 0.05) is 6.54 Å². The number of ether oxygens (including phenoxy) is 2. The molecule has 0 aromatic heterocycles. The maximum atomic E-state index is 12.1. The summed E-state index contributed by atoms with van der Waals surface area (Å²) >= 11 is 0. The summed E-state index contributed by atoms with van der Waals surface area (Å²) in [5, 5.41) is 5.53. The lowest BCUT2D eigenvalue weighted by molar-refractivity contribution is 0.0600. The molecule has 0 fully saturated rings. The van der Waals surface area contributed by atoms with Crippen molar-refractivity contribution in [1.29, 1.82) is 0 Å². The molecule has 2 N–H and O–H groups in total. The zero-order valence-electron chi connectivity index (χ0n) is 16.1. The van der Waals surface area contributed by atoms with Gasteiger partial charge in [-0.2, -0.15) is 0 Å². The Hall–Kier alpha value is -3.02. The van der Waals surface area contributed by atoms with Gasteiger partial charge in [-0.15, -0.1) is 0 Å². The predicted molar refractivity (Wildman–Crippen MR) is 104 cm³/mol. The van der Waals surface area contributed by atoms with Crippen LogP contribution >= 0.6 is 0 Å². The van der Waals surface area contributed by atoms with Gasteiger partial charge in [-0.05, 0) is 42.2 Å². The van der Waals surface area contributed by atoms with Gasteiger partial charge in [0.25, 0.3) is 0 Å². The molecule has 2 amide bonds. The summed E-state index contributed by atoms with van der Waals surface area (Å²) in [6.45, 7) is 6.31. The van der Waals surface area contributed by atoms with Gasteiger partial charge in [-0.1, -0.05) is 44.2 Å². The van der Waals surface area contributed by atoms with E-state index in [4.69, 9.17) is 4.74 Å².